The molecule has 0 heterocycles. The van der Waals surface area contributed by atoms with Crippen LogP contribution in [-0.2, 0) is 0 Å². The van der Waals surface area contributed by atoms with E-state index in [4.69, 9.17) is 0 Å². The summed E-state index contributed by atoms with van der Waals surface area (Å²) in [4.78, 5) is 23.4. The lowest BCUT2D eigenvalue weighted by molar-refractivity contribution is -0.384. The molecule has 0 saturated heterocycles. The van der Waals surface area contributed by atoms with Gasteiger partial charge in [0.2, 0.25) is 0 Å². The summed E-state index contributed by atoms with van der Waals surface area (Å²) in [6, 6.07) is 23.4. The standard InChI is InChI=1S/C21H17NO4/c23-20(16-9-5-2-6-10-16)19(15-7-3-1-4-8-15)21(24)17-11-13-18(14-12-17)22(25)26/h1-14,19,21,24H. The molecule has 0 spiro atoms. The van der Waals surface area contributed by atoms with Crippen molar-refractivity contribution in [2.75, 3.05) is 0 Å². The minimum Gasteiger partial charge on any atom is -0.387 e. The predicted octanol–water partition coefficient (Wildman–Crippen LogP) is 4.29. The highest BCUT2D eigenvalue weighted by Gasteiger charge is 2.30. The van der Waals surface area contributed by atoms with Crippen molar-refractivity contribution in [2.24, 2.45) is 0 Å². The highest BCUT2D eigenvalue weighted by molar-refractivity contribution is 6.01. The van der Waals surface area contributed by atoms with E-state index in [1.165, 1.54) is 24.3 Å². The first-order valence-electron chi connectivity index (χ1n) is 8.14. The lowest BCUT2D eigenvalue weighted by Crippen LogP contribution is -2.21. The summed E-state index contributed by atoms with van der Waals surface area (Å²) in [5.41, 5.74) is 1.58. The number of non-ortho nitro benzene ring substituents is 1. The molecule has 1 N–H and O–H groups in total. The fourth-order valence-corrected chi connectivity index (χ4v) is 2.91. The lowest BCUT2D eigenvalue weighted by Gasteiger charge is -2.23. The Balaban J connectivity index is 2.00. The zero-order chi connectivity index (χ0) is 18.5. The average Bonchev–Trinajstić information content (AvgIpc) is 2.69. The monoisotopic (exact) mass is 347 g/mol. The molecule has 0 radical (unpaired) electrons. The molecule has 0 aliphatic carbocycles. The number of hydrogen-bond acceptors (Lipinski definition) is 4. The Hall–Kier alpha value is -3.31. The van der Waals surface area contributed by atoms with Crippen LogP contribution < -0.4 is 0 Å². The number of carbonyl (C=O) groups is 1. The van der Waals surface area contributed by atoms with Crippen LogP contribution in [0.3, 0.4) is 0 Å². The summed E-state index contributed by atoms with van der Waals surface area (Å²) in [5, 5.41) is 21.7. The predicted molar refractivity (Wildman–Crippen MR) is 98.0 cm³/mol. The van der Waals surface area contributed by atoms with E-state index >= 15 is 0 Å². The van der Waals surface area contributed by atoms with Gasteiger partial charge in [-0.05, 0) is 23.3 Å². The number of nitro groups is 1. The second-order valence-electron chi connectivity index (χ2n) is 5.91. The summed E-state index contributed by atoms with van der Waals surface area (Å²) in [5.74, 6) is -1.01. The Morgan fingerprint density at radius 1 is 0.808 bits per heavy atom. The molecule has 3 aromatic carbocycles. The molecule has 5 nitrogen and oxygen atoms in total. The Morgan fingerprint density at radius 2 is 1.35 bits per heavy atom. The second kappa shape index (κ2) is 7.72. The summed E-state index contributed by atoms with van der Waals surface area (Å²) in [7, 11) is 0. The van der Waals surface area contributed by atoms with E-state index in [1.54, 1.807) is 36.4 Å². The van der Waals surface area contributed by atoms with Crippen LogP contribution in [-0.4, -0.2) is 15.8 Å². The van der Waals surface area contributed by atoms with Crippen molar-refractivity contribution in [3.8, 4) is 0 Å². The van der Waals surface area contributed by atoms with Crippen LogP contribution >= 0.6 is 0 Å². The maximum absolute atomic E-state index is 13.1. The molecule has 0 aliphatic heterocycles. The normalized spacial score (nSPS) is 13.0. The van der Waals surface area contributed by atoms with Crippen molar-refractivity contribution in [3.05, 3.63) is 112 Å². The van der Waals surface area contributed by atoms with Crippen molar-refractivity contribution >= 4 is 11.5 Å². The van der Waals surface area contributed by atoms with Crippen LogP contribution in [0.5, 0.6) is 0 Å². The van der Waals surface area contributed by atoms with Crippen molar-refractivity contribution in [3.63, 3.8) is 0 Å². The van der Waals surface area contributed by atoms with E-state index in [-0.39, 0.29) is 11.5 Å². The molecule has 2 unspecified atom stereocenters. The topological polar surface area (TPSA) is 80.4 Å². The molecule has 0 saturated carbocycles. The van der Waals surface area contributed by atoms with Gasteiger partial charge < -0.3 is 5.11 Å². The van der Waals surface area contributed by atoms with Crippen LogP contribution in [0.15, 0.2) is 84.9 Å². The Labute approximate surface area is 150 Å². The zero-order valence-electron chi connectivity index (χ0n) is 13.9. The third kappa shape index (κ3) is 3.68. The number of nitro benzene ring substituents is 1. The number of Topliss-reactive ketones (excluding diaryl/α,β-unsaturated/α-hetero) is 1. The molecule has 3 rings (SSSR count). The van der Waals surface area contributed by atoms with Gasteiger partial charge in [-0.3, -0.25) is 14.9 Å². The van der Waals surface area contributed by atoms with Gasteiger partial charge in [0.15, 0.2) is 5.78 Å². The van der Waals surface area contributed by atoms with Gasteiger partial charge in [0.1, 0.15) is 0 Å². The molecule has 0 amide bonds. The molecular formula is C21H17NO4. The smallest absolute Gasteiger partial charge is 0.269 e. The highest BCUT2D eigenvalue weighted by atomic mass is 16.6. The van der Waals surface area contributed by atoms with Gasteiger partial charge in [0, 0.05) is 17.7 Å². The quantitative estimate of drug-likeness (QED) is 0.410. The molecule has 26 heavy (non-hydrogen) atoms. The summed E-state index contributed by atoms with van der Waals surface area (Å²) < 4.78 is 0. The van der Waals surface area contributed by atoms with Crippen LogP contribution in [0, 0.1) is 10.1 Å². The fourth-order valence-electron chi connectivity index (χ4n) is 2.91. The van der Waals surface area contributed by atoms with Crippen LogP contribution in [0.1, 0.15) is 33.5 Å². The molecule has 0 aromatic heterocycles. The van der Waals surface area contributed by atoms with E-state index in [9.17, 15) is 20.0 Å². The second-order valence-corrected chi connectivity index (χ2v) is 5.91. The zero-order valence-corrected chi connectivity index (χ0v) is 13.9. The van der Waals surface area contributed by atoms with Gasteiger partial charge in [-0.1, -0.05) is 60.7 Å². The molecule has 0 fully saturated rings. The number of hydrogen-bond donors (Lipinski definition) is 1. The third-order valence-electron chi connectivity index (χ3n) is 4.26. The Morgan fingerprint density at radius 3 is 1.88 bits per heavy atom. The first kappa shape index (κ1) is 17.5. The van der Waals surface area contributed by atoms with Crippen LogP contribution in [0.25, 0.3) is 0 Å². The van der Waals surface area contributed by atoms with Crippen molar-refractivity contribution < 1.29 is 14.8 Å². The van der Waals surface area contributed by atoms with Gasteiger partial charge in [-0.15, -0.1) is 0 Å². The third-order valence-corrected chi connectivity index (χ3v) is 4.26. The Kier molecular flexibility index (Phi) is 5.20. The van der Waals surface area contributed by atoms with Crippen LogP contribution in [0.4, 0.5) is 5.69 Å². The maximum atomic E-state index is 13.1. The summed E-state index contributed by atoms with van der Waals surface area (Å²) in [6.07, 6.45) is -1.12. The van der Waals surface area contributed by atoms with Crippen molar-refractivity contribution in [1.82, 2.24) is 0 Å². The largest absolute Gasteiger partial charge is 0.387 e. The average molecular weight is 347 g/mol. The van der Waals surface area contributed by atoms with E-state index in [0.29, 0.717) is 16.7 Å². The van der Waals surface area contributed by atoms with Gasteiger partial charge >= 0.3 is 0 Å². The molecule has 2 atom stereocenters. The number of benzene rings is 3. The highest BCUT2D eigenvalue weighted by Crippen LogP contribution is 2.34. The van der Waals surface area contributed by atoms with Crippen molar-refractivity contribution in [2.45, 2.75) is 12.0 Å². The minimum absolute atomic E-state index is 0.0633. The first-order chi connectivity index (χ1) is 12.6. The number of aliphatic hydroxyl groups excluding tert-OH is 1. The molecule has 0 bridgehead atoms. The molecule has 0 aliphatic rings. The van der Waals surface area contributed by atoms with Gasteiger partial charge in [0.25, 0.3) is 5.69 Å². The first-order valence-corrected chi connectivity index (χ1v) is 8.14. The number of ketones is 1. The molecular weight excluding hydrogens is 330 g/mol. The van der Waals surface area contributed by atoms with E-state index in [0.717, 1.165) is 0 Å². The maximum Gasteiger partial charge on any atom is 0.269 e. The molecule has 3 aromatic rings. The molecule has 5 heteroatoms. The van der Waals surface area contributed by atoms with E-state index in [2.05, 4.69) is 0 Å². The van der Waals surface area contributed by atoms with Gasteiger partial charge in [0.05, 0.1) is 16.9 Å². The van der Waals surface area contributed by atoms with Gasteiger partial charge in [-0.25, -0.2) is 0 Å². The Bertz CT molecular complexity index is 892. The molecule has 130 valence electrons. The number of carbonyl (C=O) groups excluding carboxylic acids is 1. The SMILES string of the molecule is O=C(c1ccccc1)C(c1ccccc1)C(O)c1ccc([N+](=O)[O-])cc1. The fraction of sp³-hybridized carbons (Fsp3) is 0.0952. The van der Waals surface area contributed by atoms with Crippen LogP contribution in [0.2, 0.25) is 0 Å². The summed E-state index contributed by atoms with van der Waals surface area (Å²) >= 11 is 0. The van der Waals surface area contributed by atoms with E-state index in [1.807, 2.05) is 24.3 Å². The van der Waals surface area contributed by atoms with E-state index < -0.39 is 16.9 Å². The number of nitrogens with zero attached hydrogens (tertiary/aromatic N) is 1. The number of rotatable bonds is 6. The van der Waals surface area contributed by atoms with Gasteiger partial charge in [-0.2, -0.15) is 0 Å². The summed E-state index contributed by atoms with van der Waals surface area (Å²) in [6.45, 7) is 0. The van der Waals surface area contributed by atoms with Crippen molar-refractivity contribution in [1.29, 1.82) is 0 Å². The number of aliphatic hydroxyl groups is 1. The minimum atomic E-state index is -1.12. The lowest BCUT2D eigenvalue weighted by atomic mass is 9.83.